The maximum Gasteiger partial charge on any atom is 0.405 e. The lowest BCUT2D eigenvalue weighted by Gasteiger charge is -2.10. The number of alkyl halides is 3. The summed E-state index contributed by atoms with van der Waals surface area (Å²) in [6.45, 7) is -1.07. The van der Waals surface area contributed by atoms with Crippen LogP contribution in [0, 0.1) is 0 Å². The standard InChI is InChI=1S/C8H8BrF3N2/c9-5-1-6(13)3-7(2-5)14-4-8(10,11)12/h1-3,14H,4,13H2. The third kappa shape index (κ3) is 3.87. The van der Waals surface area contributed by atoms with Gasteiger partial charge in [-0.1, -0.05) is 15.9 Å². The molecule has 0 amide bonds. The van der Waals surface area contributed by atoms with Crippen LogP contribution in [0.25, 0.3) is 0 Å². The molecule has 1 rings (SSSR count). The van der Waals surface area contributed by atoms with Gasteiger partial charge in [0.15, 0.2) is 0 Å². The van der Waals surface area contributed by atoms with Gasteiger partial charge < -0.3 is 11.1 Å². The Labute approximate surface area is 87.4 Å². The summed E-state index contributed by atoms with van der Waals surface area (Å²) in [4.78, 5) is 0. The molecule has 2 nitrogen and oxygen atoms in total. The van der Waals surface area contributed by atoms with Crippen LogP contribution in [0.1, 0.15) is 0 Å². The molecular formula is C8H8BrF3N2. The molecule has 0 heterocycles. The van der Waals surface area contributed by atoms with Crippen molar-refractivity contribution in [1.82, 2.24) is 0 Å². The predicted molar refractivity (Wildman–Crippen MR) is 53.1 cm³/mol. The van der Waals surface area contributed by atoms with Crippen molar-refractivity contribution in [1.29, 1.82) is 0 Å². The Hall–Kier alpha value is -0.910. The molecule has 0 aliphatic heterocycles. The van der Waals surface area contributed by atoms with Crippen LogP contribution >= 0.6 is 15.9 Å². The molecular weight excluding hydrogens is 261 g/mol. The Morgan fingerprint density at radius 3 is 2.43 bits per heavy atom. The molecule has 0 saturated carbocycles. The summed E-state index contributed by atoms with van der Waals surface area (Å²) in [6.07, 6.45) is -4.23. The second kappa shape index (κ2) is 4.08. The molecule has 0 aliphatic carbocycles. The fourth-order valence-electron chi connectivity index (χ4n) is 0.917. The highest BCUT2D eigenvalue weighted by Crippen LogP contribution is 2.22. The van der Waals surface area contributed by atoms with Crippen LogP contribution in [0.5, 0.6) is 0 Å². The van der Waals surface area contributed by atoms with Gasteiger partial charge in [0.1, 0.15) is 6.54 Å². The summed E-state index contributed by atoms with van der Waals surface area (Å²) in [5, 5.41) is 2.23. The first-order valence-corrected chi connectivity index (χ1v) is 4.53. The first-order valence-electron chi connectivity index (χ1n) is 3.73. The number of nitrogen functional groups attached to an aromatic ring is 1. The fourth-order valence-corrected chi connectivity index (χ4v) is 1.43. The monoisotopic (exact) mass is 268 g/mol. The minimum Gasteiger partial charge on any atom is -0.399 e. The number of halogens is 4. The zero-order valence-corrected chi connectivity index (χ0v) is 8.61. The van der Waals surface area contributed by atoms with E-state index in [4.69, 9.17) is 5.73 Å². The van der Waals surface area contributed by atoms with Crippen LogP contribution in [0.4, 0.5) is 24.5 Å². The van der Waals surface area contributed by atoms with Crippen LogP contribution < -0.4 is 11.1 Å². The van der Waals surface area contributed by atoms with Gasteiger partial charge in [-0.05, 0) is 18.2 Å². The molecule has 0 aromatic heterocycles. The van der Waals surface area contributed by atoms with Gasteiger partial charge in [0, 0.05) is 15.8 Å². The van der Waals surface area contributed by atoms with Crippen molar-refractivity contribution >= 4 is 27.3 Å². The number of hydrogen-bond donors (Lipinski definition) is 2. The summed E-state index contributed by atoms with van der Waals surface area (Å²) >= 11 is 3.13. The summed E-state index contributed by atoms with van der Waals surface area (Å²) in [7, 11) is 0. The Balaban J connectivity index is 2.68. The molecule has 1 aromatic carbocycles. The molecule has 0 aliphatic rings. The third-order valence-electron chi connectivity index (χ3n) is 1.41. The van der Waals surface area contributed by atoms with Crippen LogP contribution in [-0.4, -0.2) is 12.7 Å². The second-order valence-electron chi connectivity index (χ2n) is 2.74. The average Bonchev–Trinajstić information content (AvgIpc) is 1.97. The first kappa shape index (κ1) is 11.2. The van der Waals surface area contributed by atoms with E-state index in [1.54, 1.807) is 6.07 Å². The van der Waals surface area contributed by atoms with Crippen molar-refractivity contribution in [2.75, 3.05) is 17.6 Å². The molecule has 3 N–H and O–H groups in total. The Bertz CT molecular complexity index is 305. The molecule has 78 valence electrons. The number of rotatable bonds is 2. The van der Waals surface area contributed by atoms with E-state index in [1.807, 2.05) is 0 Å². The van der Waals surface area contributed by atoms with Crippen molar-refractivity contribution in [2.24, 2.45) is 0 Å². The van der Waals surface area contributed by atoms with Crippen molar-refractivity contribution in [3.8, 4) is 0 Å². The molecule has 0 fully saturated rings. The van der Waals surface area contributed by atoms with Crippen molar-refractivity contribution in [3.05, 3.63) is 22.7 Å². The van der Waals surface area contributed by atoms with Gasteiger partial charge in [0.2, 0.25) is 0 Å². The topological polar surface area (TPSA) is 38.0 Å². The summed E-state index contributed by atoms with van der Waals surface area (Å²) in [5.41, 5.74) is 6.20. The predicted octanol–water partition coefficient (Wildman–Crippen LogP) is 3.01. The number of benzene rings is 1. The molecule has 0 saturated heterocycles. The van der Waals surface area contributed by atoms with E-state index in [0.717, 1.165) is 0 Å². The van der Waals surface area contributed by atoms with Crippen molar-refractivity contribution in [3.63, 3.8) is 0 Å². The summed E-state index contributed by atoms with van der Waals surface area (Å²) in [5.74, 6) is 0. The second-order valence-corrected chi connectivity index (χ2v) is 3.66. The number of hydrogen-bond acceptors (Lipinski definition) is 2. The minimum atomic E-state index is -4.23. The van der Waals surface area contributed by atoms with Gasteiger partial charge in [-0.2, -0.15) is 13.2 Å². The summed E-state index contributed by atoms with van der Waals surface area (Å²) < 4.78 is 36.2. The van der Waals surface area contributed by atoms with E-state index in [2.05, 4.69) is 21.2 Å². The molecule has 6 heteroatoms. The average molecular weight is 269 g/mol. The Kier molecular flexibility index (Phi) is 3.25. The molecule has 1 aromatic rings. The van der Waals surface area contributed by atoms with Crippen LogP contribution in [0.2, 0.25) is 0 Å². The van der Waals surface area contributed by atoms with Gasteiger partial charge >= 0.3 is 6.18 Å². The zero-order chi connectivity index (χ0) is 10.8. The molecule has 0 spiro atoms. The molecule has 0 bridgehead atoms. The van der Waals surface area contributed by atoms with Gasteiger partial charge in [0.25, 0.3) is 0 Å². The van der Waals surface area contributed by atoms with Crippen LogP contribution in [0.15, 0.2) is 22.7 Å². The van der Waals surface area contributed by atoms with E-state index in [1.165, 1.54) is 12.1 Å². The molecule has 0 atom stereocenters. The first-order chi connectivity index (χ1) is 6.37. The number of nitrogens with one attached hydrogen (secondary N) is 1. The SMILES string of the molecule is Nc1cc(Br)cc(NCC(F)(F)F)c1. The Morgan fingerprint density at radius 1 is 1.29 bits per heavy atom. The van der Waals surface area contributed by atoms with Gasteiger partial charge in [-0.25, -0.2) is 0 Å². The number of anilines is 2. The van der Waals surface area contributed by atoms with Crippen LogP contribution in [0.3, 0.4) is 0 Å². The highest BCUT2D eigenvalue weighted by atomic mass is 79.9. The van der Waals surface area contributed by atoms with E-state index < -0.39 is 12.7 Å². The van der Waals surface area contributed by atoms with Crippen LogP contribution in [-0.2, 0) is 0 Å². The maximum absolute atomic E-state index is 11.8. The van der Waals surface area contributed by atoms with Gasteiger partial charge in [-0.3, -0.25) is 0 Å². The van der Waals surface area contributed by atoms with E-state index in [9.17, 15) is 13.2 Å². The van der Waals surface area contributed by atoms with E-state index >= 15 is 0 Å². The normalized spacial score (nSPS) is 11.4. The Morgan fingerprint density at radius 2 is 1.93 bits per heavy atom. The van der Waals surface area contributed by atoms with Gasteiger partial charge in [-0.15, -0.1) is 0 Å². The molecule has 14 heavy (non-hydrogen) atoms. The third-order valence-corrected chi connectivity index (χ3v) is 1.87. The largest absolute Gasteiger partial charge is 0.405 e. The molecule has 0 unspecified atom stereocenters. The smallest absolute Gasteiger partial charge is 0.399 e. The lowest BCUT2D eigenvalue weighted by Crippen LogP contribution is -2.21. The zero-order valence-electron chi connectivity index (χ0n) is 7.03. The lowest BCUT2D eigenvalue weighted by atomic mass is 10.3. The lowest BCUT2D eigenvalue weighted by molar-refractivity contribution is -0.115. The summed E-state index contributed by atoms with van der Waals surface area (Å²) in [6, 6.07) is 4.58. The minimum absolute atomic E-state index is 0.342. The van der Waals surface area contributed by atoms with Gasteiger partial charge in [0.05, 0.1) is 0 Å². The van der Waals surface area contributed by atoms with Crippen molar-refractivity contribution < 1.29 is 13.2 Å². The highest BCUT2D eigenvalue weighted by Gasteiger charge is 2.26. The van der Waals surface area contributed by atoms with Crippen molar-refractivity contribution in [2.45, 2.75) is 6.18 Å². The molecule has 0 radical (unpaired) electrons. The highest BCUT2D eigenvalue weighted by molar-refractivity contribution is 9.10. The quantitative estimate of drug-likeness (QED) is 0.810. The number of nitrogens with two attached hydrogens (primary N) is 1. The fraction of sp³-hybridized carbons (Fsp3) is 0.250. The maximum atomic E-state index is 11.8. The van der Waals surface area contributed by atoms with E-state index in [0.29, 0.717) is 15.8 Å². The van der Waals surface area contributed by atoms with E-state index in [-0.39, 0.29) is 0 Å².